The van der Waals surface area contributed by atoms with E-state index in [4.69, 9.17) is 16.3 Å². The molecule has 0 spiro atoms. The third-order valence-electron chi connectivity index (χ3n) is 6.22. The number of ether oxygens (including phenoxy) is 1. The number of carbonyl (C=O) groups excluding carboxylic acids is 2. The van der Waals surface area contributed by atoms with Crippen LogP contribution in [0.5, 0.6) is 0 Å². The first kappa shape index (κ1) is 27.4. The van der Waals surface area contributed by atoms with Gasteiger partial charge < -0.3 is 14.6 Å². The van der Waals surface area contributed by atoms with Crippen molar-refractivity contribution in [2.24, 2.45) is 7.05 Å². The van der Waals surface area contributed by atoms with Crippen LogP contribution in [-0.4, -0.2) is 48.9 Å². The minimum absolute atomic E-state index is 0.0513. The van der Waals surface area contributed by atoms with Gasteiger partial charge in [-0.1, -0.05) is 52.5 Å². The Kier molecular flexibility index (Phi) is 8.74. The molecule has 1 fully saturated rings. The van der Waals surface area contributed by atoms with Crippen molar-refractivity contribution in [3.8, 4) is 11.3 Å². The Morgan fingerprint density at radius 2 is 1.68 bits per heavy atom. The highest BCUT2D eigenvalue weighted by molar-refractivity contribution is 9.10. The Morgan fingerprint density at radius 1 is 1.00 bits per heavy atom. The summed E-state index contributed by atoms with van der Waals surface area (Å²) in [5.74, 6) is -1.30. The number of hydrogen-bond acceptors (Lipinski definition) is 5. The van der Waals surface area contributed by atoms with Crippen LogP contribution in [0.1, 0.15) is 36.2 Å². The first-order chi connectivity index (χ1) is 17.7. The van der Waals surface area contributed by atoms with Crippen molar-refractivity contribution in [1.29, 1.82) is 0 Å². The van der Waals surface area contributed by atoms with E-state index in [1.807, 2.05) is 24.3 Å². The number of nitrogens with one attached hydrogen (secondary N) is 1. The van der Waals surface area contributed by atoms with Crippen molar-refractivity contribution in [3.63, 3.8) is 0 Å². The molecule has 0 saturated carbocycles. The minimum atomic E-state index is -3.72. The number of sulfonamides is 1. The van der Waals surface area contributed by atoms with E-state index in [9.17, 15) is 18.0 Å². The van der Waals surface area contributed by atoms with E-state index < -0.39 is 28.5 Å². The first-order valence-electron chi connectivity index (χ1n) is 11.8. The van der Waals surface area contributed by atoms with Gasteiger partial charge in [0, 0.05) is 30.3 Å². The summed E-state index contributed by atoms with van der Waals surface area (Å²) < 4.78 is 35.5. The molecular weight excluding hydrogens is 582 g/mol. The lowest BCUT2D eigenvalue weighted by Gasteiger charge is -2.20. The Hall–Kier alpha value is -2.66. The standard InChI is InChI=1S/C26H27BrClN3O5S/c1-30-23(18-6-8-19(27)9-7-18)12-13-24(30)26(33)36-17-25(32)29-22-16-20(10-11-21(22)28)37(34,35)31-14-4-2-3-5-15-31/h6-13,16H,2-5,14-15,17H2,1H3,(H,29,32). The van der Waals surface area contributed by atoms with Gasteiger partial charge in [-0.15, -0.1) is 0 Å². The molecule has 1 aliphatic heterocycles. The number of halogens is 2. The fourth-order valence-corrected chi connectivity index (χ4v) is 6.18. The fraction of sp³-hybridized carbons (Fsp3) is 0.308. The minimum Gasteiger partial charge on any atom is -0.451 e. The summed E-state index contributed by atoms with van der Waals surface area (Å²) in [4.78, 5) is 25.2. The van der Waals surface area contributed by atoms with E-state index >= 15 is 0 Å². The van der Waals surface area contributed by atoms with Gasteiger partial charge in [0.1, 0.15) is 5.69 Å². The Labute approximate surface area is 229 Å². The van der Waals surface area contributed by atoms with Crippen LogP contribution in [0.15, 0.2) is 64.0 Å². The van der Waals surface area contributed by atoms with Gasteiger partial charge in [0.25, 0.3) is 5.91 Å². The average molecular weight is 609 g/mol. The lowest BCUT2D eigenvalue weighted by molar-refractivity contribution is -0.119. The number of nitrogens with zero attached hydrogens (tertiary/aromatic N) is 2. The van der Waals surface area contributed by atoms with E-state index in [-0.39, 0.29) is 21.3 Å². The van der Waals surface area contributed by atoms with Gasteiger partial charge in [-0.25, -0.2) is 13.2 Å². The highest BCUT2D eigenvalue weighted by atomic mass is 79.9. The van der Waals surface area contributed by atoms with Crippen LogP contribution < -0.4 is 5.32 Å². The first-order valence-corrected chi connectivity index (χ1v) is 14.5. The lowest BCUT2D eigenvalue weighted by atomic mass is 10.1. The summed E-state index contributed by atoms with van der Waals surface area (Å²) in [5.41, 5.74) is 2.16. The monoisotopic (exact) mass is 607 g/mol. The molecule has 37 heavy (non-hydrogen) atoms. The molecule has 2 aromatic carbocycles. The highest BCUT2D eigenvalue weighted by Gasteiger charge is 2.26. The summed E-state index contributed by atoms with van der Waals surface area (Å²) in [5, 5.41) is 2.73. The summed E-state index contributed by atoms with van der Waals surface area (Å²) >= 11 is 9.62. The molecule has 0 aliphatic carbocycles. The van der Waals surface area contributed by atoms with E-state index in [1.54, 1.807) is 23.7 Å². The number of benzene rings is 2. The van der Waals surface area contributed by atoms with Gasteiger partial charge in [-0.05, 0) is 60.9 Å². The topological polar surface area (TPSA) is 97.7 Å². The molecule has 2 heterocycles. The lowest BCUT2D eigenvalue weighted by Crippen LogP contribution is -2.32. The van der Waals surface area contributed by atoms with Crippen molar-refractivity contribution < 1.29 is 22.7 Å². The molecule has 8 nitrogen and oxygen atoms in total. The molecule has 11 heteroatoms. The van der Waals surface area contributed by atoms with E-state index in [2.05, 4.69) is 21.2 Å². The maximum Gasteiger partial charge on any atom is 0.355 e. The molecule has 1 saturated heterocycles. The molecule has 3 aromatic rings. The number of carbonyl (C=O) groups is 2. The summed E-state index contributed by atoms with van der Waals surface area (Å²) in [7, 11) is -1.98. The van der Waals surface area contributed by atoms with Crippen molar-refractivity contribution in [3.05, 3.63) is 69.8 Å². The van der Waals surface area contributed by atoms with Crippen LogP contribution >= 0.6 is 27.5 Å². The van der Waals surface area contributed by atoms with Crippen LogP contribution in [0.3, 0.4) is 0 Å². The summed E-state index contributed by atoms with van der Waals surface area (Å²) in [6.45, 7) is 0.369. The number of amides is 1. The second-order valence-corrected chi connectivity index (χ2v) is 12.0. The van der Waals surface area contributed by atoms with Crippen LogP contribution in [0, 0.1) is 0 Å². The van der Waals surface area contributed by atoms with Crippen molar-refractivity contribution in [2.75, 3.05) is 25.0 Å². The van der Waals surface area contributed by atoms with E-state index in [0.29, 0.717) is 13.1 Å². The zero-order chi connectivity index (χ0) is 26.6. The summed E-state index contributed by atoms with van der Waals surface area (Å²) in [6.07, 6.45) is 3.63. The zero-order valence-electron chi connectivity index (χ0n) is 20.2. The number of esters is 1. The van der Waals surface area contributed by atoms with E-state index in [1.165, 1.54) is 22.5 Å². The number of hydrogen-bond donors (Lipinski definition) is 1. The van der Waals surface area contributed by atoms with Gasteiger partial charge in [-0.3, -0.25) is 4.79 Å². The fourth-order valence-electron chi connectivity index (χ4n) is 4.21. The van der Waals surface area contributed by atoms with Crippen LogP contribution in [0.4, 0.5) is 5.69 Å². The molecule has 1 amide bonds. The Balaban J connectivity index is 1.41. The molecule has 4 rings (SSSR count). The molecule has 0 atom stereocenters. The normalized spacial score (nSPS) is 14.7. The molecule has 196 valence electrons. The third-order valence-corrected chi connectivity index (χ3v) is 8.97. The zero-order valence-corrected chi connectivity index (χ0v) is 23.4. The number of rotatable bonds is 7. The predicted molar refractivity (Wildman–Crippen MR) is 146 cm³/mol. The number of aromatic nitrogens is 1. The van der Waals surface area contributed by atoms with Gasteiger partial charge in [0.15, 0.2) is 6.61 Å². The molecule has 1 aromatic heterocycles. The SMILES string of the molecule is Cn1c(C(=O)OCC(=O)Nc2cc(S(=O)(=O)N3CCCCCC3)ccc2Cl)ccc1-c1ccc(Br)cc1. The maximum atomic E-state index is 13.1. The molecule has 1 aliphatic rings. The van der Waals surface area contributed by atoms with Crippen molar-refractivity contribution >= 4 is 55.1 Å². The van der Waals surface area contributed by atoms with Crippen LogP contribution in [0.2, 0.25) is 5.02 Å². The summed E-state index contributed by atoms with van der Waals surface area (Å²) in [6, 6.07) is 15.3. The molecular formula is C26H27BrClN3O5S. The molecule has 0 bridgehead atoms. The van der Waals surface area contributed by atoms with Crippen LogP contribution in [-0.2, 0) is 26.6 Å². The van der Waals surface area contributed by atoms with Gasteiger partial charge in [-0.2, -0.15) is 4.31 Å². The Morgan fingerprint density at radius 3 is 2.35 bits per heavy atom. The van der Waals surface area contributed by atoms with Gasteiger partial charge >= 0.3 is 5.97 Å². The number of anilines is 1. The maximum absolute atomic E-state index is 13.1. The van der Waals surface area contributed by atoms with Gasteiger partial charge in [0.05, 0.1) is 15.6 Å². The quantitative estimate of drug-likeness (QED) is 0.359. The smallest absolute Gasteiger partial charge is 0.355 e. The van der Waals surface area contributed by atoms with E-state index in [0.717, 1.165) is 41.4 Å². The Bertz CT molecular complexity index is 1400. The largest absolute Gasteiger partial charge is 0.451 e. The second kappa shape index (κ2) is 11.8. The van der Waals surface area contributed by atoms with Crippen molar-refractivity contribution in [2.45, 2.75) is 30.6 Å². The average Bonchev–Trinajstić information content (AvgIpc) is 3.06. The molecule has 0 unspecified atom stereocenters. The molecule has 1 N–H and O–H groups in total. The third kappa shape index (κ3) is 6.43. The molecule has 0 radical (unpaired) electrons. The second-order valence-electron chi connectivity index (χ2n) is 8.75. The highest BCUT2D eigenvalue weighted by Crippen LogP contribution is 2.28. The van der Waals surface area contributed by atoms with Crippen LogP contribution in [0.25, 0.3) is 11.3 Å². The van der Waals surface area contributed by atoms with Gasteiger partial charge in [0.2, 0.25) is 10.0 Å². The van der Waals surface area contributed by atoms with Crippen molar-refractivity contribution in [1.82, 2.24) is 8.87 Å². The predicted octanol–water partition coefficient (Wildman–Crippen LogP) is 5.47.